The number of hydrogen-bond donors (Lipinski definition) is 2. The van der Waals surface area contributed by atoms with Crippen LogP contribution in [-0.4, -0.2) is 47.0 Å². The Labute approximate surface area is 121 Å². The summed E-state index contributed by atoms with van der Waals surface area (Å²) in [6.45, 7) is 2.29. The number of nitrogens with zero attached hydrogens (tertiary/aromatic N) is 2. The van der Waals surface area contributed by atoms with E-state index < -0.39 is 17.8 Å². The van der Waals surface area contributed by atoms with Crippen molar-refractivity contribution in [2.75, 3.05) is 20.3 Å². The van der Waals surface area contributed by atoms with Gasteiger partial charge in [0.2, 0.25) is 0 Å². The number of carboxylic acids is 1. The highest BCUT2D eigenvalue weighted by molar-refractivity contribution is 5.92. The lowest BCUT2D eigenvalue weighted by Crippen LogP contribution is -2.35. The molecule has 116 valence electrons. The molecule has 8 heteroatoms. The molecule has 1 amide bonds. The SMILES string of the molecule is CCC(CNC(=O)c1ccc(=O)n(CCOC)n1)C(=O)O. The van der Waals surface area contributed by atoms with Crippen LogP contribution in [0.15, 0.2) is 16.9 Å². The molecule has 1 rings (SSSR count). The molecule has 1 aromatic heterocycles. The molecule has 0 aliphatic heterocycles. The third-order valence-corrected chi connectivity index (χ3v) is 2.96. The van der Waals surface area contributed by atoms with Gasteiger partial charge in [-0.25, -0.2) is 4.68 Å². The molecular formula is C13H19N3O5. The third-order valence-electron chi connectivity index (χ3n) is 2.96. The molecule has 0 radical (unpaired) electrons. The van der Waals surface area contributed by atoms with Gasteiger partial charge in [0.05, 0.1) is 19.1 Å². The van der Waals surface area contributed by atoms with E-state index in [0.29, 0.717) is 13.0 Å². The van der Waals surface area contributed by atoms with Crippen molar-refractivity contribution in [2.45, 2.75) is 19.9 Å². The number of aromatic nitrogens is 2. The van der Waals surface area contributed by atoms with Gasteiger partial charge in [-0.3, -0.25) is 14.4 Å². The van der Waals surface area contributed by atoms with Gasteiger partial charge in [0.1, 0.15) is 5.69 Å². The lowest BCUT2D eigenvalue weighted by Gasteiger charge is -2.11. The van der Waals surface area contributed by atoms with Crippen LogP contribution in [0, 0.1) is 5.92 Å². The van der Waals surface area contributed by atoms with Crippen molar-refractivity contribution in [1.82, 2.24) is 15.1 Å². The van der Waals surface area contributed by atoms with E-state index in [4.69, 9.17) is 9.84 Å². The van der Waals surface area contributed by atoms with Crippen molar-refractivity contribution >= 4 is 11.9 Å². The van der Waals surface area contributed by atoms with Gasteiger partial charge < -0.3 is 15.2 Å². The monoisotopic (exact) mass is 297 g/mol. The topological polar surface area (TPSA) is 111 Å². The van der Waals surface area contributed by atoms with Gasteiger partial charge in [-0.1, -0.05) is 6.92 Å². The average molecular weight is 297 g/mol. The lowest BCUT2D eigenvalue weighted by atomic mass is 10.1. The number of aliphatic carboxylic acids is 1. The molecule has 1 heterocycles. The number of carbonyl (C=O) groups is 2. The van der Waals surface area contributed by atoms with E-state index in [0.717, 1.165) is 4.68 Å². The lowest BCUT2D eigenvalue weighted by molar-refractivity contribution is -0.141. The molecule has 0 aliphatic rings. The molecule has 1 aromatic rings. The van der Waals surface area contributed by atoms with Crippen LogP contribution in [0.2, 0.25) is 0 Å². The minimum absolute atomic E-state index is 0.0174. The first kappa shape index (κ1) is 16.8. The minimum atomic E-state index is -0.962. The molecule has 0 saturated carbocycles. The molecule has 0 bridgehead atoms. The molecule has 2 N–H and O–H groups in total. The van der Waals surface area contributed by atoms with Crippen LogP contribution in [-0.2, 0) is 16.1 Å². The van der Waals surface area contributed by atoms with Gasteiger partial charge in [0.15, 0.2) is 0 Å². The number of ether oxygens (including phenoxy) is 1. The zero-order valence-electron chi connectivity index (χ0n) is 12.0. The quantitative estimate of drug-likeness (QED) is 0.683. The predicted octanol–water partition coefficient (Wildman–Crippen LogP) is -0.270. The summed E-state index contributed by atoms with van der Waals surface area (Å²) in [6, 6.07) is 2.55. The van der Waals surface area contributed by atoms with Gasteiger partial charge in [0.25, 0.3) is 11.5 Å². The molecule has 21 heavy (non-hydrogen) atoms. The highest BCUT2D eigenvalue weighted by Crippen LogP contribution is 2.01. The molecule has 0 aromatic carbocycles. The van der Waals surface area contributed by atoms with Crippen molar-refractivity contribution in [3.8, 4) is 0 Å². The van der Waals surface area contributed by atoms with Crippen LogP contribution in [0.4, 0.5) is 0 Å². The number of carbonyl (C=O) groups excluding carboxylic acids is 1. The Morgan fingerprint density at radius 1 is 1.48 bits per heavy atom. The second-order valence-corrected chi connectivity index (χ2v) is 4.43. The smallest absolute Gasteiger partial charge is 0.308 e. The summed E-state index contributed by atoms with van der Waals surface area (Å²) in [4.78, 5) is 34.3. The molecule has 1 atom stereocenters. The van der Waals surface area contributed by atoms with Crippen molar-refractivity contribution in [2.24, 2.45) is 5.92 Å². The van der Waals surface area contributed by atoms with E-state index in [1.807, 2.05) is 0 Å². The minimum Gasteiger partial charge on any atom is -0.481 e. The Morgan fingerprint density at radius 3 is 2.76 bits per heavy atom. The van der Waals surface area contributed by atoms with Crippen molar-refractivity contribution in [3.05, 3.63) is 28.2 Å². The summed E-state index contributed by atoms with van der Waals surface area (Å²) in [6.07, 6.45) is 0.413. The summed E-state index contributed by atoms with van der Waals surface area (Å²) < 4.78 is 5.99. The molecule has 0 fully saturated rings. The Morgan fingerprint density at radius 2 is 2.19 bits per heavy atom. The molecule has 8 nitrogen and oxygen atoms in total. The number of nitrogens with one attached hydrogen (secondary N) is 1. The van der Waals surface area contributed by atoms with Gasteiger partial charge in [-0.2, -0.15) is 5.10 Å². The van der Waals surface area contributed by atoms with Gasteiger partial charge in [-0.05, 0) is 12.5 Å². The second kappa shape index (κ2) is 8.15. The molecule has 0 aliphatic carbocycles. The van der Waals surface area contributed by atoms with E-state index in [9.17, 15) is 14.4 Å². The summed E-state index contributed by atoms with van der Waals surface area (Å²) in [5.41, 5.74) is -0.272. The predicted molar refractivity (Wildman–Crippen MR) is 74.1 cm³/mol. The maximum Gasteiger partial charge on any atom is 0.308 e. The van der Waals surface area contributed by atoms with Crippen molar-refractivity contribution in [1.29, 1.82) is 0 Å². The Hall–Kier alpha value is -2.22. The van der Waals surface area contributed by atoms with Gasteiger partial charge in [0, 0.05) is 19.7 Å². The fourth-order valence-corrected chi connectivity index (χ4v) is 1.62. The highest BCUT2D eigenvalue weighted by Gasteiger charge is 2.17. The van der Waals surface area contributed by atoms with Crippen LogP contribution in [0.5, 0.6) is 0 Å². The summed E-state index contributed by atoms with van der Waals surface area (Å²) in [5.74, 6) is -2.12. The summed E-state index contributed by atoms with van der Waals surface area (Å²) >= 11 is 0. The number of methoxy groups -OCH3 is 1. The van der Waals surface area contributed by atoms with E-state index in [-0.39, 0.29) is 24.3 Å². The fraction of sp³-hybridized carbons (Fsp3) is 0.538. The third kappa shape index (κ3) is 4.99. The highest BCUT2D eigenvalue weighted by atomic mass is 16.5. The Balaban J connectivity index is 2.74. The molecule has 0 spiro atoms. The molecule has 0 saturated heterocycles. The number of rotatable bonds is 8. The van der Waals surface area contributed by atoms with E-state index in [1.165, 1.54) is 19.2 Å². The van der Waals surface area contributed by atoms with Crippen LogP contribution in [0.25, 0.3) is 0 Å². The Bertz CT molecular complexity index is 555. The second-order valence-electron chi connectivity index (χ2n) is 4.43. The zero-order chi connectivity index (χ0) is 15.8. The first-order valence-electron chi connectivity index (χ1n) is 6.57. The zero-order valence-corrected chi connectivity index (χ0v) is 12.0. The van der Waals surface area contributed by atoms with Crippen LogP contribution >= 0.6 is 0 Å². The number of carboxylic acid groups (broad SMARTS) is 1. The van der Waals surface area contributed by atoms with E-state index in [2.05, 4.69) is 10.4 Å². The largest absolute Gasteiger partial charge is 0.481 e. The number of hydrogen-bond acceptors (Lipinski definition) is 5. The standard InChI is InChI=1S/C13H19N3O5/c1-3-9(13(19)20)8-14-12(18)10-4-5-11(17)16(15-10)6-7-21-2/h4-5,9H,3,6-8H2,1-2H3,(H,14,18)(H,19,20). The fourth-order valence-electron chi connectivity index (χ4n) is 1.62. The molecule has 1 unspecified atom stereocenters. The maximum absolute atomic E-state index is 11.9. The first-order valence-corrected chi connectivity index (χ1v) is 6.57. The molecular weight excluding hydrogens is 278 g/mol. The van der Waals surface area contributed by atoms with Crippen LogP contribution in [0.3, 0.4) is 0 Å². The van der Waals surface area contributed by atoms with E-state index in [1.54, 1.807) is 6.92 Å². The normalized spacial score (nSPS) is 11.9. The number of amides is 1. The van der Waals surface area contributed by atoms with Crippen molar-refractivity contribution < 1.29 is 19.4 Å². The van der Waals surface area contributed by atoms with E-state index >= 15 is 0 Å². The van der Waals surface area contributed by atoms with Gasteiger partial charge in [-0.15, -0.1) is 0 Å². The summed E-state index contributed by atoms with van der Waals surface area (Å²) in [5, 5.41) is 15.3. The average Bonchev–Trinajstić information content (AvgIpc) is 2.46. The Kier molecular flexibility index (Phi) is 6.54. The van der Waals surface area contributed by atoms with Crippen molar-refractivity contribution in [3.63, 3.8) is 0 Å². The van der Waals surface area contributed by atoms with Crippen LogP contribution in [0.1, 0.15) is 23.8 Å². The van der Waals surface area contributed by atoms with Gasteiger partial charge >= 0.3 is 5.97 Å². The maximum atomic E-state index is 11.9. The van der Waals surface area contributed by atoms with Crippen LogP contribution < -0.4 is 10.9 Å². The first-order chi connectivity index (χ1) is 9.99. The summed E-state index contributed by atoms with van der Waals surface area (Å²) in [7, 11) is 1.50.